The van der Waals surface area contributed by atoms with Gasteiger partial charge < -0.3 is 20.9 Å². The number of benzene rings is 1. The van der Waals surface area contributed by atoms with Crippen molar-refractivity contribution in [3.63, 3.8) is 0 Å². The lowest BCUT2D eigenvalue weighted by atomic mass is 9.83. The molecule has 0 radical (unpaired) electrons. The molecule has 2 saturated heterocycles. The summed E-state index contributed by atoms with van der Waals surface area (Å²) < 4.78 is 1.05. The van der Waals surface area contributed by atoms with Gasteiger partial charge in [-0.15, -0.1) is 11.8 Å². The number of rotatable bonds is 5. The number of thioether (sulfide) groups is 1. The van der Waals surface area contributed by atoms with Crippen LogP contribution >= 0.6 is 27.7 Å². The zero-order chi connectivity index (χ0) is 24.6. The molecule has 2 aliphatic heterocycles. The van der Waals surface area contributed by atoms with E-state index in [0.717, 1.165) is 41.5 Å². The standard InChI is InChI=1S/C25H35BrN4O3S/c1-14(27-4)22(31)29-19-10-11-34-20-13-25(2,3)21(30(20)24(19)33)23(32)28-18-7-5-6-15-12-16(26)8-9-17(15)18/h8-9,12,14,18-21,27H,5-7,10-11,13H2,1-4H3,(H,28,32)(H,29,31)/t14?,18-,19+,20+,21-/m1/s1. The summed E-state index contributed by atoms with van der Waals surface area (Å²) in [6.45, 7) is 5.91. The third kappa shape index (κ3) is 5.02. The molecule has 1 aromatic carbocycles. The van der Waals surface area contributed by atoms with E-state index in [1.807, 2.05) is 6.07 Å². The molecule has 0 bridgehead atoms. The number of likely N-dealkylation sites (N-methyl/N-ethyl adjacent to an activating group) is 1. The lowest BCUT2D eigenvalue weighted by Gasteiger charge is -2.36. The van der Waals surface area contributed by atoms with Crippen molar-refractivity contribution < 1.29 is 14.4 Å². The van der Waals surface area contributed by atoms with E-state index >= 15 is 0 Å². The van der Waals surface area contributed by atoms with Crippen molar-refractivity contribution in [2.24, 2.45) is 5.41 Å². The van der Waals surface area contributed by atoms with E-state index in [-0.39, 0.29) is 40.6 Å². The van der Waals surface area contributed by atoms with Gasteiger partial charge in [0, 0.05) is 4.47 Å². The maximum absolute atomic E-state index is 13.8. The molecule has 1 aliphatic carbocycles. The number of fused-ring (bicyclic) bond motifs is 2. The number of carbonyl (C=O) groups excluding carboxylic acids is 3. The van der Waals surface area contributed by atoms with Crippen molar-refractivity contribution in [2.75, 3.05) is 12.8 Å². The Morgan fingerprint density at radius 2 is 1.97 bits per heavy atom. The van der Waals surface area contributed by atoms with Gasteiger partial charge in [0.15, 0.2) is 0 Å². The first-order valence-electron chi connectivity index (χ1n) is 12.1. The summed E-state index contributed by atoms with van der Waals surface area (Å²) >= 11 is 5.27. The number of aryl methyl sites for hydroxylation is 1. The van der Waals surface area contributed by atoms with Crippen LogP contribution in [0.3, 0.4) is 0 Å². The summed E-state index contributed by atoms with van der Waals surface area (Å²) in [5.74, 6) is 0.318. The van der Waals surface area contributed by atoms with E-state index in [2.05, 4.69) is 57.9 Å². The van der Waals surface area contributed by atoms with Crippen LogP contribution in [0.15, 0.2) is 22.7 Å². The third-order valence-electron chi connectivity index (χ3n) is 7.43. The highest BCUT2D eigenvalue weighted by molar-refractivity contribution is 9.10. The Hall–Kier alpha value is -1.58. The molecular weight excluding hydrogens is 516 g/mol. The van der Waals surface area contributed by atoms with Crippen molar-refractivity contribution in [2.45, 2.75) is 82.4 Å². The number of hydrogen-bond donors (Lipinski definition) is 3. The summed E-state index contributed by atoms with van der Waals surface area (Å²) in [7, 11) is 1.72. The average Bonchev–Trinajstić information content (AvgIpc) is 2.98. The Labute approximate surface area is 214 Å². The van der Waals surface area contributed by atoms with E-state index in [0.29, 0.717) is 6.42 Å². The molecule has 0 aromatic heterocycles. The molecule has 7 nitrogen and oxygen atoms in total. The fourth-order valence-corrected chi connectivity index (χ4v) is 7.45. The highest BCUT2D eigenvalue weighted by atomic mass is 79.9. The number of carbonyl (C=O) groups is 3. The minimum atomic E-state index is -0.613. The number of halogens is 1. The summed E-state index contributed by atoms with van der Waals surface area (Å²) in [6, 6.07) is 4.62. The SMILES string of the molecule is CNC(C)C(=O)N[C@H]1CCS[C@H]2CC(C)(C)[C@@H](C(=O)N[C@@H]3CCCc4cc(Br)ccc43)N2C1=O. The van der Waals surface area contributed by atoms with Crippen LogP contribution in [-0.2, 0) is 20.8 Å². The summed E-state index contributed by atoms with van der Waals surface area (Å²) in [5, 5.41) is 9.07. The molecule has 4 rings (SSSR count). The Morgan fingerprint density at radius 1 is 1.21 bits per heavy atom. The lowest BCUT2D eigenvalue weighted by Crippen LogP contribution is -2.58. The van der Waals surface area contributed by atoms with Gasteiger partial charge in [-0.1, -0.05) is 35.8 Å². The van der Waals surface area contributed by atoms with Gasteiger partial charge in [0.1, 0.15) is 12.1 Å². The highest BCUT2D eigenvalue weighted by Crippen LogP contribution is 2.46. The Balaban J connectivity index is 1.56. The van der Waals surface area contributed by atoms with Crippen molar-refractivity contribution in [3.8, 4) is 0 Å². The van der Waals surface area contributed by atoms with Crippen LogP contribution in [0, 0.1) is 5.41 Å². The van der Waals surface area contributed by atoms with Crippen LogP contribution in [0.1, 0.15) is 63.6 Å². The number of nitrogens with zero attached hydrogens (tertiary/aromatic N) is 1. The largest absolute Gasteiger partial charge is 0.347 e. The lowest BCUT2D eigenvalue weighted by molar-refractivity contribution is -0.144. The molecule has 3 amide bonds. The monoisotopic (exact) mass is 550 g/mol. The van der Waals surface area contributed by atoms with Crippen molar-refractivity contribution >= 4 is 45.4 Å². The van der Waals surface area contributed by atoms with Crippen LogP contribution in [0.2, 0.25) is 0 Å². The van der Waals surface area contributed by atoms with Crippen molar-refractivity contribution in [1.82, 2.24) is 20.9 Å². The van der Waals surface area contributed by atoms with Gasteiger partial charge >= 0.3 is 0 Å². The number of amides is 3. The molecule has 5 atom stereocenters. The molecule has 3 N–H and O–H groups in total. The topological polar surface area (TPSA) is 90.5 Å². The summed E-state index contributed by atoms with van der Waals surface area (Å²) in [4.78, 5) is 41.8. The van der Waals surface area contributed by atoms with E-state index in [9.17, 15) is 14.4 Å². The molecule has 2 heterocycles. The minimum Gasteiger partial charge on any atom is -0.347 e. The second kappa shape index (κ2) is 10.2. The van der Waals surface area contributed by atoms with Gasteiger partial charge in [-0.2, -0.15) is 0 Å². The van der Waals surface area contributed by atoms with Gasteiger partial charge in [0.05, 0.1) is 17.5 Å². The second-order valence-corrected chi connectivity index (χ2v) is 12.5. The van der Waals surface area contributed by atoms with E-state index < -0.39 is 12.1 Å². The Bertz CT molecular complexity index is 971. The molecule has 3 aliphatic rings. The molecule has 0 saturated carbocycles. The highest BCUT2D eigenvalue weighted by Gasteiger charge is 2.54. The number of hydrogen-bond acceptors (Lipinski definition) is 5. The predicted octanol–water partition coefficient (Wildman–Crippen LogP) is 3.13. The second-order valence-electron chi connectivity index (χ2n) is 10.3. The molecule has 0 spiro atoms. The molecule has 9 heteroatoms. The normalized spacial score (nSPS) is 29.0. The third-order valence-corrected chi connectivity index (χ3v) is 9.17. The fourth-order valence-electron chi connectivity index (χ4n) is 5.46. The summed E-state index contributed by atoms with van der Waals surface area (Å²) in [5.41, 5.74) is 2.06. The summed E-state index contributed by atoms with van der Waals surface area (Å²) in [6.07, 6.45) is 4.23. The molecule has 34 heavy (non-hydrogen) atoms. The Morgan fingerprint density at radius 3 is 2.71 bits per heavy atom. The van der Waals surface area contributed by atoms with Crippen molar-refractivity contribution in [1.29, 1.82) is 0 Å². The van der Waals surface area contributed by atoms with Crippen LogP contribution in [-0.4, -0.2) is 58.9 Å². The van der Waals surface area contributed by atoms with Crippen LogP contribution in [0.4, 0.5) is 0 Å². The molecular formula is C25H35BrN4O3S. The van der Waals surface area contributed by atoms with Gasteiger partial charge in [0.25, 0.3) is 0 Å². The first-order chi connectivity index (χ1) is 16.1. The van der Waals surface area contributed by atoms with E-state index in [1.54, 1.807) is 30.6 Å². The van der Waals surface area contributed by atoms with Crippen LogP contribution in [0.5, 0.6) is 0 Å². The first-order valence-corrected chi connectivity index (χ1v) is 14.0. The molecule has 1 unspecified atom stereocenters. The minimum absolute atomic E-state index is 0.0547. The number of nitrogens with one attached hydrogen (secondary N) is 3. The first kappa shape index (κ1) is 25.5. The van der Waals surface area contributed by atoms with Crippen molar-refractivity contribution in [3.05, 3.63) is 33.8 Å². The zero-order valence-electron chi connectivity index (χ0n) is 20.3. The molecule has 1 aromatic rings. The quantitative estimate of drug-likeness (QED) is 0.524. The van der Waals surface area contributed by atoms with E-state index in [4.69, 9.17) is 0 Å². The molecule has 186 valence electrons. The van der Waals surface area contributed by atoms with Gasteiger partial charge in [-0.25, -0.2) is 0 Å². The molecule has 2 fully saturated rings. The fraction of sp³-hybridized carbons (Fsp3) is 0.640. The van der Waals surface area contributed by atoms with Crippen LogP contribution in [0.25, 0.3) is 0 Å². The predicted molar refractivity (Wildman–Crippen MR) is 138 cm³/mol. The maximum Gasteiger partial charge on any atom is 0.246 e. The van der Waals surface area contributed by atoms with Crippen LogP contribution < -0.4 is 16.0 Å². The van der Waals surface area contributed by atoms with Gasteiger partial charge in [-0.05, 0) is 80.5 Å². The van der Waals surface area contributed by atoms with Gasteiger partial charge in [0.2, 0.25) is 17.7 Å². The zero-order valence-corrected chi connectivity index (χ0v) is 22.7. The average molecular weight is 552 g/mol. The smallest absolute Gasteiger partial charge is 0.246 e. The van der Waals surface area contributed by atoms with Gasteiger partial charge in [-0.3, -0.25) is 14.4 Å². The maximum atomic E-state index is 13.8. The Kier molecular flexibility index (Phi) is 7.64. The van der Waals surface area contributed by atoms with E-state index in [1.165, 1.54) is 5.56 Å².